The van der Waals surface area contributed by atoms with Gasteiger partial charge in [-0.1, -0.05) is 43.4 Å². The van der Waals surface area contributed by atoms with E-state index in [9.17, 15) is 9.59 Å². The first kappa shape index (κ1) is 16.5. The molecule has 6 nitrogen and oxygen atoms in total. The molecule has 128 valence electrons. The van der Waals surface area contributed by atoms with Gasteiger partial charge in [-0.25, -0.2) is 5.01 Å². The number of rotatable bonds is 3. The van der Waals surface area contributed by atoms with Crippen molar-refractivity contribution in [2.45, 2.75) is 51.5 Å². The average Bonchev–Trinajstić information content (AvgIpc) is 2.85. The predicted octanol–water partition coefficient (Wildman–Crippen LogP) is 2.08. The monoisotopic (exact) mass is 328 g/mol. The molecule has 6 heteroatoms. The fraction of sp³-hybridized carbons (Fsp3) is 0.500. The second-order valence-electron chi connectivity index (χ2n) is 6.50. The van der Waals surface area contributed by atoms with E-state index in [0.717, 1.165) is 31.2 Å². The zero-order valence-electron chi connectivity index (χ0n) is 14.0. The number of amides is 2. The minimum absolute atomic E-state index is 0.0195. The molecule has 0 saturated heterocycles. The van der Waals surface area contributed by atoms with Gasteiger partial charge < -0.3 is 5.32 Å². The molecule has 0 unspecified atom stereocenters. The summed E-state index contributed by atoms with van der Waals surface area (Å²) in [5.41, 5.74) is 4.69. The molecule has 1 saturated carbocycles. The van der Waals surface area contributed by atoms with E-state index in [1.165, 1.54) is 17.9 Å². The second kappa shape index (κ2) is 7.47. The average molecular weight is 328 g/mol. The van der Waals surface area contributed by atoms with Crippen LogP contribution in [-0.4, -0.2) is 30.2 Å². The number of nitrogens with one attached hydrogen (secondary N) is 2. The van der Waals surface area contributed by atoms with Gasteiger partial charge in [0.15, 0.2) is 0 Å². The molecule has 0 radical (unpaired) electrons. The maximum absolute atomic E-state index is 12.5. The van der Waals surface area contributed by atoms with Crippen LogP contribution >= 0.6 is 0 Å². The van der Waals surface area contributed by atoms with Crippen molar-refractivity contribution in [2.75, 3.05) is 11.6 Å². The number of hydrogen-bond acceptors (Lipinski definition) is 4. The molecule has 1 aromatic carbocycles. The Kier molecular flexibility index (Phi) is 5.13. The van der Waals surface area contributed by atoms with Crippen LogP contribution in [0.25, 0.3) is 0 Å². The fourth-order valence-corrected chi connectivity index (χ4v) is 3.12. The third-order valence-electron chi connectivity index (χ3n) is 4.54. The number of hydrazine groups is 1. The molecule has 0 atom stereocenters. The SMILES string of the molecule is Cc1ccc(N2NC(C(=O)NC3CCCCCC3)=NCC2=O)cc1. The lowest BCUT2D eigenvalue weighted by atomic mass is 10.1. The first-order valence-corrected chi connectivity index (χ1v) is 8.65. The molecular formula is C18H24N4O2. The molecule has 2 N–H and O–H groups in total. The van der Waals surface area contributed by atoms with E-state index in [1.54, 1.807) is 0 Å². The zero-order valence-corrected chi connectivity index (χ0v) is 14.0. The van der Waals surface area contributed by atoms with Gasteiger partial charge in [0.2, 0.25) is 5.84 Å². The number of benzene rings is 1. The van der Waals surface area contributed by atoms with Crippen LogP contribution < -0.4 is 15.8 Å². The molecule has 1 heterocycles. The zero-order chi connectivity index (χ0) is 16.9. The minimum atomic E-state index is -0.230. The summed E-state index contributed by atoms with van der Waals surface area (Å²) in [6, 6.07) is 7.77. The summed E-state index contributed by atoms with van der Waals surface area (Å²) in [4.78, 5) is 28.7. The van der Waals surface area contributed by atoms with Gasteiger partial charge in [0, 0.05) is 6.04 Å². The van der Waals surface area contributed by atoms with Crippen LogP contribution in [-0.2, 0) is 9.59 Å². The maximum Gasteiger partial charge on any atom is 0.288 e. The van der Waals surface area contributed by atoms with Crippen molar-refractivity contribution >= 4 is 23.3 Å². The molecule has 0 aromatic heterocycles. The van der Waals surface area contributed by atoms with Crippen molar-refractivity contribution in [1.29, 1.82) is 0 Å². The molecule has 1 aromatic rings. The molecule has 1 fully saturated rings. The van der Waals surface area contributed by atoms with Gasteiger partial charge in [-0.15, -0.1) is 0 Å². The lowest BCUT2D eigenvalue weighted by molar-refractivity contribution is -0.118. The quantitative estimate of drug-likeness (QED) is 0.834. The Morgan fingerprint density at radius 2 is 1.83 bits per heavy atom. The van der Waals surface area contributed by atoms with E-state index in [2.05, 4.69) is 15.7 Å². The molecule has 2 amide bonds. The molecule has 0 spiro atoms. The normalized spacial score (nSPS) is 19.3. The van der Waals surface area contributed by atoms with Gasteiger partial charge in [0.1, 0.15) is 6.54 Å². The van der Waals surface area contributed by atoms with Gasteiger partial charge in [-0.3, -0.25) is 20.0 Å². The van der Waals surface area contributed by atoms with Crippen LogP contribution in [0.3, 0.4) is 0 Å². The largest absolute Gasteiger partial charge is 0.347 e. The van der Waals surface area contributed by atoms with Gasteiger partial charge in [0.05, 0.1) is 5.69 Å². The van der Waals surface area contributed by atoms with Crippen LogP contribution in [0.2, 0.25) is 0 Å². The molecule has 0 bridgehead atoms. The summed E-state index contributed by atoms with van der Waals surface area (Å²) in [6.45, 7) is 1.97. The number of hydrogen-bond donors (Lipinski definition) is 2. The molecule has 1 aliphatic heterocycles. The highest BCUT2D eigenvalue weighted by molar-refractivity contribution is 6.39. The van der Waals surface area contributed by atoms with Crippen molar-refractivity contribution in [3.05, 3.63) is 29.8 Å². The van der Waals surface area contributed by atoms with E-state index in [0.29, 0.717) is 5.69 Å². The highest BCUT2D eigenvalue weighted by Crippen LogP contribution is 2.18. The Hall–Kier alpha value is -2.37. The first-order chi connectivity index (χ1) is 11.6. The van der Waals surface area contributed by atoms with Crippen molar-refractivity contribution in [1.82, 2.24) is 10.7 Å². The van der Waals surface area contributed by atoms with Gasteiger partial charge in [-0.2, -0.15) is 0 Å². The van der Waals surface area contributed by atoms with E-state index >= 15 is 0 Å². The smallest absolute Gasteiger partial charge is 0.288 e. The molecule has 3 rings (SSSR count). The summed E-state index contributed by atoms with van der Waals surface area (Å²) in [7, 11) is 0. The maximum atomic E-state index is 12.5. The first-order valence-electron chi connectivity index (χ1n) is 8.65. The predicted molar refractivity (Wildman–Crippen MR) is 93.7 cm³/mol. The summed E-state index contributed by atoms with van der Waals surface area (Å²) < 4.78 is 0. The Morgan fingerprint density at radius 1 is 1.17 bits per heavy atom. The van der Waals surface area contributed by atoms with E-state index < -0.39 is 0 Å². The van der Waals surface area contributed by atoms with Crippen LogP contribution in [0.4, 0.5) is 5.69 Å². The number of aryl methyl sites for hydroxylation is 1. The van der Waals surface area contributed by atoms with Crippen molar-refractivity contribution in [2.24, 2.45) is 4.99 Å². The van der Waals surface area contributed by atoms with Crippen LogP contribution in [0.1, 0.15) is 44.1 Å². The van der Waals surface area contributed by atoms with Crippen LogP contribution in [0, 0.1) is 6.92 Å². The molecule has 2 aliphatic rings. The lowest BCUT2D eigenvalue weighted by Crippen LogP contribution is -2.56. The lowest BCUT2D eigenvalue weighted by Gasteiger charge is -2.28. The van der Waals surface area contributed by atoms with Crippen molar-refractivity contribution in [3.63, 3.8) is 0 Å². The Labute approximate surface area is 142 Å². The summed E-state index contributed by atoms with van der Waals surface area (Å²) in [5, 5.41) is 4.45. The number of nitrogens with zero attached hydrogens (tertiary/aromatic N) is 2. The third kappa shape index (κ3) is 3.93. The molecular weight excluding hydrogens is 304 g/mol. The number of carbonyl (C=O) groups excluding carboxylic acids is 2. The number of aliphatic imine (C=N–C) groups is 1. The van der Waals surface area contributed by atoms with Gasteiger partial charge in [0.25, 0.3) is 11.8 Å². The Morgan fingerprint density at radius 3 is 2.50 bits per heavy atom. The minimum Gasteiger partial charge on any atom is -0.347 e. The van der Waals surface area contributed by atoms with Crippen LogP contribution in [0.5, 0.6) is 0 Å². The van der Waals surface area contributed by atoms with Crippen molar-refractivity contribution < 1.29 is 9.59 Å². The number of anilines is 1. The Bertz CT molecular complexity index is 631. The van der Waals surface area contributed by atoms with Crippen LogP contribution in [0.15, 0.2) is 29.3 Å². The number of carbonyl (C=O) groups is 2. The van der Waals surface area contributed by atoms with Gasteiger partial charge >= 0.3 is 0 Å². The summed E-state index contributed by atoms with van der Waals surface area (Å²) >= 11 is 0. The standard InChI is InChI=1S/C18H24N4O2/c1-13-8-10-15(11-9-13)22-16(23)12-19-17(21-22)18(24)20-14-6-4-2-3-5-7-14/h8-11,14H,2-7,12H2,1H3,(H,19,21)(H,20,24). The van der Waals surface area contributed by atoms with E-state index in [-0.39, 0.29) is 30.2 Å². The van der Waals surface area contributed by atoms with E-state index in [4.69, 9.17) is 0 Å². The third-order valence-corrected chi connectivity index (χ3v) is 4.54. The van der Waals surface area contributed by atoms with Crippen molar-refractivity contribution in [3.8, 4) is 0 Å². The summed E-state index contributed by atoms with van der Waals surface area (Å²) in [5.74, 6) is -0.198. The molecule has 1 aliphatic carbocycles. The highest BCUT2D eigenvalue weighted by Gasteiger charge is 2.26. The topological polar surface area (TPSA) is 73.8 Å². The Balaban J connectivity index is 1.66. The highest BCUT2D eigenvalue weighted by atomic mass is 16.2. The molecule has 24 heavy (non-hydrogen) atoms. The van der Waals surface area contributed by atoms with Gasteiger partial charge in [-0.05, 0) is 31.9 Å². The fourth-order valence-electron chi connectivity index (χ4n) is 3.12. The second-order valence-corrected chi connectivity index (χ2v) is 6.50. The summed E-state index contributed by atoms with van der Waals surface area (Å²) in [6.07, 6.45) is 6.81. The van der Waals surface area contributed by atoms with E-state index in [1.807, 2.05) is 31.2 Å². The number of amidine groups is 1.